The van der Waals surface area contributed by atoms with Crippen LogP contribution in [-0.2, 0) is 6.54 Å². The fourth-order valence-electron chi connectivity index (χ4n) is 2.96. The zero-order chi connectivity index (χ0) is 23.3. The molecule has 0 bridgehead atoms. The summed E-state index contributed by atoms with van der Waals surface area (Å²) < 4.78 is 48.1. The van der Waals surface area contributed by atoms with E-state index in [-0.39, 0.29) is 12.5 Å². The maximum absolute atomic E-state index is 14.0. The predicted molar refractivity (Wildman–Crippen MR) is 119 cm³/mol. The zero-order valence-corrected chi connectivity index (χ0v) is 18.3. The van der Waals surface area contributed by atoms with Gasteiger partial charge in [-0.1, -0.05) is 12.1 Å². The lowest BCUT2D eigenvalue weighted by Crippen LogP contribution is -2.20. The van der Waals surface area contributed by atoms with Crippen LogP contribution in [0.5, 0.6) is 5.75 Å². The molecule has 1 N–H and O–H groups in total. The predicted octanol–water partition coefficient (Wildman–Crippen LogP) is 5.90. The minimum Gasteiger partial charge on any atom is -0.493 e. The number of anilines is 2. The highest BCUT2D eigenvalue weighted by molar-refractivity contribution is 5.61. The summed E-state index contributed by atoms with van der Waals surface area (Å²) in [7, 11) is 0. The Balaban J connectivity index is 1.89. The molecule has 1 aliphatic rings. The first-order valence-electron chi connectivity index (χ1n) is 10.4. The van der Waals surface area contributed by atoms with Crippen LogP contribution < -0.4 is 15.6 Å². The summed E-state index contributed by atoms with van der Waals surface area (Å²) in [6, 6.07) is 5.53. The molecule has 8 heteroatoms. The third kappa shape index (κ3) is 6.60. The molecule has 0 atom stereocenters. The number of nitrogens with one attached hydrogen (secondary N) is 1. The molecule has 0 aliphatic heterocycles. The molecule has 1 fully saturated rings. The molecule has 1 heterocycles. The minimum absolute atomic E-state index is 0.00649. The van der Waals surface area contributed by atoms with Gasteiger partial charge in [0.25, 0.3) is 0 Å². The van der Waals surface area contributed by atoms with Gasteiger partial charge in [0.05, 0.1) is 19.0 Å². The van der Waals surface area contributed by atoms with Gasteiger partial charge >= 0.3 is 5.56 Å². The first-order valence-corrected chi connectivity index (χ1v) is 10.4. The highest BCUT2D eigenvalue weighted by atomic mass is 19.1. The molecule has 32 heavy (non-hydrogen) atoms. The molecule has 1 aromatic heterocycles. The highest BCUT2D eigenvalue weighted by Gasteiger charge is 2.22. The van der Waals surface area contributed by atoms with E-state index in [0.717, 1.165) is 30.8 Å². The van der Waals surface area contributed by atoms with Crippen molar-refractivity contribution in [1.29, 1.82) is 0 Å². The fourth-order valence-corrected chi connectivity index (χ4v) is 2.96. The molecule has 0 spiro atoms. The molecule has 0 amide bonds. The van der Waals surface area contributed by atoms with E-state index in [1.807, 2.05) is 19.1 Å². The summed E-state index contributed by atoms with van der Waals surface area (Å²) >= 11 is 0. The van der Waals surface area contributed by atoms with Gasteiger partial charge in [-0.15, -0.1) is 0 Å². The van der Waals surface area contributed by atoms with Gasteiger partial charge < -0.3 is 14.6 Å². The Hall–Kier alpha value is -3.29. The lowest BCUT2D eigenvalue weighted by atomic mass is 10.2. The minimum atomic E-state index is -1.03. The summed E-state index contributed by atoms with van der Waals surface area (Å²) in [5.41, 5.74) is 0.938. The third-order valence-corrected chi connectivity index (χ3v) is 4.97. The van der Waals surface area contributed by atoms with Crippen molar-refractivity contribution in [1.82, 2.24) is 9.55 Å². The van der Waals surface area contributed by atoms with Gasteiger partial charge in [-0.3, -0.25) is 4.79 Å². The van der Waals surface area contributed by atoms with E-state index in [1.54, 1.807) is 19.1 Å². The van der Waals surface area contributed by atoms with Gasteiger partial charge in [0, 0.05) is 24.0 Å². The number of ether oxygens (including phenoxy) is 1. The van der Waals surface area contributed by atoms with Gasteiger partial charge in [0.2, 0.25) is 11.8 Å². The second-order valence-corrected chi connectivity index (χ2v) is 7.83. The number of hydrogen-bond acceptors (Lipinski definition) is 4. The van der Waals surface area contributed by atoms with Crippen LogP contribution in [0.4, 0.5) is 24.8 Å². The summed E-state index contributed by atoms with van der Waals surface area (Å²) in [4.78, 5) is 15.7. The van der Waals surface area contributed by atoms with Crippen LogP contribution >= 0.6 is 0 Å². The second-order valence-electron chi connectivity index (χ2n) is 7.83. The van der Waals surface area contributed by atoms with Crippen LogP contribution in [0.15, 0.2) is 64.6 Å². The van der Waals surface area contributed by atoms with E-state index in [9.17, 15) is 18.0 Å². The van der Waals surface area contributed by atoms with Crippen molar-refractivity contribution in [2.45, 2.75) is 40.2 Å². The monoisotopic (exact) mass is 445 g/mol. The number of rotatable bonds is 9. The van der Waals surface area contributed by atoms with E-state index in [0.29, 0.717) is 29.5 Å². The fraction of sp³-hybridized carbons (Fsp3) is 0.333. The molecule has 170 valence electrons. The number of aromatic nitrogens is 2. The normalized spacial score (nSPS) is 15.1. The van der Waals surface area contributed by atoms with Crippen LogP contribution in [0, 0.1) is 18.7 Å². The molecular formula is C24H26F3N3O2. The summed E-state index contributed by atoms with van der Waals surface area (Å²) in [6.45, 7) is 5.34. The Morgan fingerprint density at radius 2 is 2.06 bits per heavy atom. The second kappa shape index (κ2) is 10.3. The summed E-state index contributed by atoms with van der Waals surface area (Å²) in [6.07, 6.45) is 6.85. The largest absolute Gasteiger partial charge is 0.493 e. The van der Waals surface area contributed by atoms with Crippen LogP contribution in [0.3, 0.4) is 0 Å². The average Bonchev–Trinajstić information content (AvgIpc) is 3.55. The van der Waals surface area contributed by atoms with Crippen LogP contribution in [0.1, 0.15) is 32.3 Å². The zero-order valence-electron chi connectivity index (χ0n) is 18.3. The molecule has 1 aromatic carbocycles. The SMILES string of the molecule is C\C=C(/C=C(F)\C=C(/C)F)Cn1cc(F)c(=O)nc1Nc1cc(OCC2CC2)ccc1C. The Morgan fingerprint density at radius 3 is 2.72 bits per heavy atom. The van der Waals surface area contributed by atoms with Crippen molar-refractivity contribution < 1.29 is 17.9 Å². The maximum atomic E-state index is 14.0. The number of allylic oxidation sites excluding steroid dienone is 6. The first-order chi connectivity index (χ1) is 15.2. The molecule has 1 aliphatic carbocycles. The van der Waals surface area contributed by atoms with Crippen molar-refractivity contribution in [2.24, 2.45) is 5.92 Å². The molecule has 2 aromatic rings. The number of aryl methyl sites for hydroxylation is 1. The molecule has 0 radical (unpaired) electrons. The summed E-state index contributed by atoms with van der Waals surface area (Å²) in [5, 5.41) is 3.06. The van der Waals surface area contributed by atoms with Gasteiger partial charge in [-0.05, 0) is 62.8 Å². The Kier molecular flexibility index (Phi) is 7.56. The van der Waals surface area contributed by atoms with E-state index in [1.165, 1.54) is 17.4 Å². The average molecular weight is 445 g/mol. The first kappa shape index (κ1) is 23.4. The molecule has 3 rings (SSSR count). The van der Waals surface area contributed by atoms with E-state index in [2.05, 4.69) is 10.3 Å². The lowest BCUT2D eigenvalue weighted by Gasteiger charge is -2.17. The van der Waals surface area contributed by atoms with Gasteiger partial charge in [0.15, 0.2) is 0 Å². The van der Waals surface area contributed by atoms with Crippen LogP contribution in [0.25, 0.3) is 0 Å². The van der Waals surface area contributed by atoms with E-state index < -0.39 is 23.0 Å². The Morgan fingerprint density at radius 1 is 1.31 bits per heavy atom. The molecule has 1 saturated carbocycles. The topological polar surface area (TPSA) is 56.2 Å². The quantitative estimate of drug-likeness (QED) is 0.489. The smallest absolute Gasteiger partial charge is 0.310 e. The Bertz CT molecular complexity index is 1130. The van der Waals surface area contributed by atoms with E-state index in [4.69, 9.17) is 4.74 Å². The van der Waals surface area contributed by atoms with Gasteiger partial charge in [-0.2, -0.15) is 9.37 Å². The molecule has 0 unspecified atom stereocenters. The van der Waals surface area contributed by atoms with Gasteiger partial charge in [0.1, 0.15) is 11.6 Å². The third-order valence-electron chi connectivity index (χ3n) is 4.97. The number of benzene rings is 1. The van der Waals surface area contributed by atoms with Crippen molar-refractivity contribution in [2.75, 3.05) is 11.9 Å². The number of halogens is 3. The van der Waals surface area contributed by atoms with Crippen molar-refractivity contribution >= 4 is 11.6 Å². The number of hydrogen-bond donors (Lipinski definition) is 1. The van der Waals surface area contributed by atoms with E-state index >= 15 is 0 Å². The van der Waals surface area contributed by atoms with Crippen molar-refractivity contribution in [3.8, 4) is 5.75 Å². The highest BCUT2D eigenvalue weighted by Crippen LogP contribution is 2.31. The molecule has 5 nitrogen and oxygen atoms in total. The van der Waals surface area contributed by atoms with Gasteiger partial charge in [-0.25, -0.2) is 8.78 Å². The molecule has 0 saturated heterocycles. The van der Waals surface area contributed by atoms with Crippen molar-refractivity contribution in [3.63, 3.8) is 0 Å². The number of nitrogens with zero attached hydrogens (tertiary/aromatic N) is 2. The Labute approximate surface area is 184 Å². The lowest BCUT2D eigenvalue weighted by molar-refractivity contribution is 0.300. The standard InChI is InChI=1S/C24H26F3N3O2/c1-4-17(10-19(26)9-16(3)25)12-30-13-21(27)23(31)29-24(30)28-22-11-20(8-5-15(22)2)32-14-18-6-7-18/h4-5,8-11,13,18H,6-7,12,14H2,1-3H3,(H,28,29,31)/b16-9+,17-4+,19-10+. The maximum Gasteiger partial charge on any atom is 0.310 e. The summed E-state index contributed by atoms with van der Waals surface area (Å²) in [5.74, 6) is -1.13. The molecular weight excluding hydrogens is 419 g/mol. The van der Waals surface area contributed by atoms with Crippen molar-refractivity contribution in [3.05, 3.63) is 81.6 Å². The van der Waals surface area contributed by atoms with Crippen LogP contribution in [-0.4, -0.2) is 16.2 Å². The van der Waals surface area contributed by atoms with Crippen LogP contribution in [0.2, 0.25) is 0 Å².